The van der Waals surface area contributed by atoms with E-state index in [-0.39, 0.29) is 0 Å². The van der Waals surface area contributed by atoms with Crippen LogP contribution in [0, 0.1) is 12.8 Å². The number of alkyl halides is 3. The Morgan fingerprint density at radius 2 is 1.70 bits per heavy atom. The zero-order valence-corrected chi connectivity index (χ0v) is 13.6. The van der Waals surface area contributed by atoms with Crippen molar-refractivity contribution in [1.29, 1.82) is 0 Å². The van der Waals surface area contributed by atoms with Gasteiger partial charge in [0.25, 0.3) is 0 Å². The van der Waals surface area contributed by atoms with Gasteiger partial charge < -0.3 is 5.11 Å². The van der Waals surface area contributed by atoms with Gasteiger partial charge in [-0.1, -0.05) is 31.5 Å². The lowest BCUT2D eigenvalue weighted by atomic mass is 9.89. The van der Waals surface area contributed by atoms with Crippen LogP contribution in [0.25, 0.3) is 0 Å². The van der Waals surface area contributed by atoms with Crippen LogP contribution in [0.15, 0.2) is 29.2 Å². The van der Waals surface area contributed by atoms with E-state index in [0.717, 1.165) is 12.1 Å². The smallest absolute Gasteiger partial charge is 0.418 e. The first-order chi connectivity index (χ1) is 10.3. The van der Waals surface area contributed by atoms with Crippen LogP contribution in [-0.4, -0.2) is 31.2 Å². The number of benzene rings is 1. The number of aryl methyl sites for hydroxylation is 1. The molecule has 9 heteroatoms. The molecule has 0 heterocycles. The van der Waals surface area contributed by atoms with Crippen LogP contribution in [0.4, 0.5) is 13.2 Å². The minimum absolute atomic E-state index is 0.429. The van der Waals surface area contributed by atoms with Crippen molar-refractivity contribution < 1.29 is 31.5 Å². The van der Waals surface area contributed by atoms with Gasteiger partial charge in [0.15, 0.2) is 0 Å². The number of rotatable bonds is 6. The van der Waals surface area contributed by atoms with Crippen LogP contribution in [0.5, 0.6) is 0 Å². The molecule has 0 aliphatic heterocycles. The molecule has 1 aromatic rings. The molecule has 0 aliphatic carbocycles. The zero-order valence-electron chi connectivity index (χ0n) is 12.8. The number of nitrogens with one attached hydrogen (secondary N) is 1. The lowest BCUT2D eigenvalue weighted by Gasteiger charge is -2.33. The van der Waals surface area contributed by atoms with Gasteiger partial charge in [-0.15, -0.1) is 0 Å². The number of halogens is 3. The van der Waals surface area contributed by atoms with Crippen molar-refractivity contribution in [3.63, 3.8) is 0 Å². The van der Waals surface area contributed by atoms with Gasteiger partial charge in [0.1, 0.15) is 0 Å². The largest absolute Gasteiger partial charge is 0.480 e. The van der Waals surface area contributed by atoms with Crippen LogP contribution in [-0.2, 0) is 14.8 Å². The number of sulfonamides is 1. The molecule has 1 rings (SSSR count). The maximum atomic E-state index is 13.4. The Morgan fingerprint density at radius 3 is 2.04 bits per heavy atom. The van der Waals surface area contributed by atoms with Crippen molar-refractivity contribution in [3.05, 3.63) is 29.8 Å². The number of carboxylic acid groups (broad SMARTS) is 1. The first kappa shape index (κ1) is 19.4. The molecule has 0 radical (unpaired) electrons. The van der Waals surface area contributed by atoms with Crippen LogP contribution in [0.1, 0.15) is 25.8 Å². The van der Waals surface area contributed by atoms with Crippen molar-refractivity contribution in [2.24, 2.45) is 5.92 Å². The topological polar surface area (TPSA) is 83.5 Å². The second-order valence-corrected chi connectivity index (χ2v) is 7.41. The fraction of sp³-hybridized carbons (Fsp3) is 0.500. The van der Waals surface area contributed by atoms with Gasteiger partial charge in [-0.3, -0.25) is 0 Å². The van der Waals surface area contributed by atoms with E-state index in [2.05, 4.69) is 0 Å². The number of hydrogen-bond donors (Lipinski definition) is 2. The normalized spacial score (nSPS) is 15.4. The standard InChI is InChI=1S/C14H18F3NO4S/c1-9(2)8-13(12(19)20,14(15,16)17)18-23(21,22)11-6-4-10(3)5-7-11/h4-7,9,18H,8H2,1-3H3,(H,19,20). The van der Waals surface area contributed by atoms with Crippen molar-refractivity contribution in [2.45, 2.75) is 43.8 Å². The predicted molar refractivity (Wildman–Crippen MR) is 77.4 cm³/mol. The number of hydrogen-bond acceptors (Lipinski definition) is 3. The van der Waals surface area contributed by atoms with E-state index in [0.29, 0.717) is 5.56 Å². The summed E-state index contributed by atoms with van der Waals surface area (Å²) in [4.78, 5) is 10.9. The Morgan fingerprint density at radius 1 is 1.22 bits per heavy atom. The van der Waals surface area contributed by atoms with E-state index in [1.807, 2.05) is 0 Å². The fourth-order valence-electron chi connectivity index (χ4n) is 2.09. The van der Waals surface area contributed by atoms with E-state index in [9.17, 15) is 26.4 Å². The number of aliphatic carboxylic acids is 1. The third-order valence-electron chi connectivity index (χ3n) is 3.20. The average Bonchev–Trinajstić information content (AvgIpc) is 2.35. The monoisotopic (exact) mass is 353 g/mol. The molecule has 1 unspecified atom stereocenters. The SMILES string of the molecule is Cc1ccc(S(=O)(=O)NC(CC(C)C)(C(=O)O)C(F)(F)F)cc1. The zero-order chi connectivity index (χ0) is 18.1. The molecular formula is C14H18F3NO4S. The van der Waals surface area contributed by atoms with Gasteiger partial charge in [-0.05, 0) is 31.4 Å². The highest BCUT2D eigenvalue weighted by molar-refractivity contribution is 7.89. The van der Waals surface area contributed by atoms with Gasteiger partial charge >= 0.3 is 12.1 Å². The first-order valence-corrected chi connectivity index (χ1v) is 8.21. The van der Waals surface area contributed by atoms with Gasteiger partial charge in [-0.2, -0.15) is 17.9 Å². The van der Waals surface area contributed by atoms with Crippen molar-refractivity contribution in [1.82, 2.24) is 4.72 Å². The summed E-state index contributed by atoms with van der Waals surface area (Å²) in [5, 5.41) is 9.12. The summed E-state index contributed by atoms with van der Waals surface area (Å²) in [5.41, 5.74) is -2.86. The van der Waals surface area contributed by atoms with Crippen molar-refractivity contribution >= 4 is 16.0 Å². The van der Waals surface area contributed by atoms with Gasteiger partial charge in [0.2, 0.25) is 15.6 Å². The quantitative estimate of drug-likeness (QED) is 0.824. The van der Waals surface area contributed by atoms with Crippen molar-refractivity contribution in [3.8, 4) is 0 Å². The van der Waals surface area contributed by atoms with Gasteiger partial charge in [0.05, 0.1) is 4.90 Å². The highest BCUT2D eigenvalue weighted by Gasteiger charge is 2.63. The second kappa shape index (κ2) is 6.48. The van der Waals surface area contributed by atoms with Crippen LogP contribution in [0.3, 0.4) is 0 Å². The van der Waals surface area contributed by atoms with Crippen molar-refractivity contribution in [2.75, 3.05) is 0 Å². The van der Waals surface area contributed by atoms with E-state index >= 15 is 0 Å². The van der Waals surface area contributed by atoms with Crippen LogP contribution >= 0.6 is 0 Å². The highest BCUT2D eigenvalue weighted by atomic mass is 32.2. The first-order valence-electron chi connectivity index (χ1n) is 6.72. The Balaban J connectivity index is 3.39. The van der Waals surface area contributed by atoms with E-state index in [4.69, 9.17) is 5.11 Å². The van der Waals surface area contributed by atoms with Crippen LogP contribution in [0.2, 0.25) is 0 Å². The molecule has 130 valence electrons. The molecule has 0 saturated heterocycles. The molecule has 0 aromatic heterocycles. The maximum absolute atomic E-state index is 13.4. The summed E-state index contributed by atoms with van der Waals surface area (Å²) in [6.45, 7) is 4.44. The third-order valence-corrected chi connectivity index (χ3v) is 4.71. The molecule has 0 amide bonds. The lowest BCUT2D eigenvalue weighted by Crippen LogP contribution is -2.64. The number of carbonyl (C=O) groups is 1. The summed E-state index contributed by atoms with van der Waals surface area (Å²) >= 11 is 0. The molecule has 1 aromatic carbocycles. The molecule has 1 atom stereocenters. The average molecular weight is 353 g/mol. The Labute approximate surface area is 132 Å². The molecule has 0 fully saturated rings. The molecule has 23 heavy (non-hydrogen) atoms. The minimum Gasteiger partial charge on any atom is -0.480 e. The molecular weight excluding hydrogens is 335 g/mol. The molecule has 0 aliphatic rings. The second-order valence-electron chi connectivity index (χ2n) is 5.72. The highest BCUT2D eigenvalue weighted by Crippen LogP contribution is 2.37. The van der Waals surface area contributed by atoms with Gasteiger partial charge in [0, 0.05) is 0 Å². The molecule has 2 N–H and O–H groups in total. The summed E-state index contributed by atoms with van der Waals surface area (Å²) in [6, 6.07) is 5.06. The van der Waals surface area contributed by atoms with Gasteiger partial charge in [-0.25, -0.2) is 13.2 Å². The molecule has 0 bridgehead atoms. The fourth-order valence-corrected chi connectivity index (χ4v) is 3.44. The maximum Gasteiger partial charge on any atom is 0.418 e. The molecule has 0 spiro atoms. The summed E-state index contributed by atoms with van der Waals surface area (Å²) in [7, 11) is -4.66. The van der Waals surface area contributed by atoms with E-state index in [1.54, 1.807) is 6.92 Å². The third kappa shape index (κ3) is 4.23. The molecule has 5 nitrogen and oxygen atoms in total. The summed E-state index contributed by atoms with van der Waals surface area (Å²) in [6.07, 6.45) is -6.21. The van der Waals surface area contributed by atoms with E-state index < -0.39 is 44.9 Å². The minimum atomic E-state index is -5.29. The number of carboxylic acids is 1. The van der Waals surface area contributed by atoms with Crippen LogP contribution < -0.4 is 4.72 Å². The van der Waals surface area contributed by atoms with E-state index in [1.165, 1.54) is 30.7 Å². The summed E-state index contributed by atoms with van der Waals surface area (Å²) in [5.74, 6) is -2.98. The Hall–Kier alpha value is -1.61. The predicted octanol–water partition coefficient (Wildman–Crippen LogP) is 2.71. The Kier molecular flexibility index (Phi) is 5.48. The Bertz CT molecular complexity index is 668. The summed E-state index contributed by atoms with van der Waals surface area (Å²) < 4.78 is 66.0. The lowest BCUT2D eigenvalue weighted by molar-refractivity contribution is -0.209. The molecule has 0 saturated carbocycles.